The Kier molecular flexibility index (Phi) is 15.5. The van der Waals surface area contributed by atoms with Gasteiger partial charge in [-0.2, -0.15) is 4.98 Å². The first-order valence-corrected chi connectivity index (χ1v) is 20.9. The van der Waals surface area contributed by atoms with Crippen LogP contribution < -0.4 is 21.5 Å². The van der Waals surface area contributed by atoms with E-state index in [9.17, 15) is 14.4 Å². The summed E-state index contributed by atoms with van der Waals surface area (Å²) < 4.78 is 4.42. The van der Waals surface area contributed by atoms with Crippen molar-refractivity contribution in [1.82, 2.24) is 34.0 Å². The smallest absolute Gasteiger partial charge is 0.332 e. The number of fused-ring (bicyclic) bond motifs is 2. The number of rotatable bonds is 20. The zero-order valence-corrected chi connectivity index (χ0v) is 33.6. The molecule has 1 N–H and O–H groups in total. The quantitative estimate of drug-likeness (QED) is 0.0574. The zero-order valence-electron chi connectivity index (χ0n) is 32.0. The zero-order chi connectivity index (χ0) is 37.6. The molecule has 1 atom stereocenters. The largest absolute Gasteiger partial charge is 0.352 e. The Morgan fingerprint density at radius 3 is 2.25 bits per heavy atom. The van der Waals surface area contributed by atoms with Crippen molar-refractivity contribution < 1.29 is 4.79 Å². The van der Waals surface area contributed by atoms with Gasteiger partial charge in [0.25, 0.3) is 5.56 Å². The van der Waals surface area contributed by atoms with Gasteiger partial charge in [-0.25, -0.2) is 14.8 Å². The summed E-state index contributed by atoms with van der Waals surface area (Å²) in [7, 11) is 1.63. The molecule has 5 rings (SSSR count). The van der Waals surface area contributed by atoms with Gasteiger partial charge >= 0.3 is 5.69 Å². The summed E-state index contributed by atoms with van der Waals surface area (Å²) in [5.41, 5.74) is 1.22. The van der Waals surface area contributed by atoms with Gasteiger partial charge in [-0.1, -0.05) is 111 Å². The third-order valence-corrected chi connectivity index (χ3v) is 10.9. The molecule has 1 saturated heterocycles. The molecule has 1 aromatic carbocycles. The van der Waals surface area contributed by atoms with Crippen molar-refractivity contribution in [2.45, 2.75) is 136 Å². The van der Waals surface area contributed by atoms with Crippen LogP contribution in [-0.2, 0) is 24.9 Å². The SMILES string of the molecule is CC#CCn1c(N2CCCC(NC(=O)CCCCCCCCCCCCCCCBr)C2)nc2c1c(=O)n(Cc1nc(C)c3ccccc3n1)c(=O)n2C. The lowest BCUT2D eigenvalue weighted by atomic mass is 10.0. The monoisotopic (exact) mass is 788 g/mol. The number of nitrogens with one attached hydrogen (secondary N) is 1. The van der Waals surface area contributed by atoms with E-state index in [1.165, 1.54) is 79.8 Å². The lowest BCUT2D eigenvalue weighted by Crippen LogP contribution is -2.48. The maximum atomic E-state index is 14.1. The van der Waals surface area contributed by atoms with Gasteiger partial charge in [0.1, 0.15) is 5.82 Å². The number of nitrogens with zero attached hydrogens (tertiary/aromatic N) is 7. The molecular weight excluding hydrogens is 732 g/mol. The molecule has 0 saturated carbocycles. The summed E-state index contributed by atoms with van der Waals surface area (Å²) >= 11 is 3.50. The Hall–Kier alpha value is -3.98. The van der Waals surface area contributed by atoms with Crippen LogP contribution in [0.5, 0.6) is 0 Å². The van der Waals surface area contributed by atoms with Gasteiger partial charge in [-0.15, -0.1) is 5.92 Å². The first kappa shape index (κ1) is 40.2. The molecule has 1 fully saturated rings. The minimum atomic E-state index is -0.485. The number of hydrogen-bond donors (Lipinski definition) is 1. The number of carbonyl (C=O) groups is 1. The van der Waals surface area contributed by atoms with E-state index in [0.29, 0.717) is 35.9 Å². The molecule has 0 aliphatic carbocycles. The summed E-state index contributed by atoms with van der Waals surface area (Å²) in [4.78, 5) is 57.0. The Bertz CT molecular complexity index is 2010. The molecule has 0 bridgehead atoms. The number of anilines is 1. The second kappa shape index (κ2) is 20.5. The molecule has 4 heterocycles. The van der Waals surface area contributed by atoms with E-state index in [0.717, 1.165) is 54.2 Å². The van der Waals surface area contributed by atoms with E-state index < -0.39 is 11.2 Å². The molecule has 286 valence electrons. The van der Waals surface area contributed by atoms with Gasteiger partial charge in [0.2, 0.25) is 11.9 Å². The second-order valence-corrected chi connectivity index (χ2v) is 15.3. The molecular formula is C41H57BrN8O3. The molecule has 4 aromatic rings. The van der Waals surface area contributed by atoms with Gasteiger partial charge in [-0.05, 0) is 45.6 Å². The highest BCUT2D eigenvalue weighted by Gasteiger charge is 2.28. The highest BCUT2D eigenvalue weighted by molar-refractivity contribution is 9.09. The molecule has 0 spiro atoms. The number of halogens is 1. The Morgan fingerprint density at radius 2 is 1.57 bits per heavy atom. The van der Waals surface area contributed by atoms with E-state index in [1.54, 1.807) is 14.0 Å². The molecule has 0 radical (unpaired) electrons. The van der Waals surface area contributed by atoms with Crippen molar-refractivity contribution >= 4 is 49.9 Å². The summed E-state index contributed by atoms with van der Waals surface area (Å²) in [6.45, 7) is 5.12. The van der Waals surface area contributed by atoms with E-state index in [4.69, 9.17) is 4.98 Å². The van der Waals surface area contributed by atoms with Crippen LogP contribution in [0.15, 0.2) is 33.9 Å². The summed E-state index contributed by atoms with van der Waals surface area (Å²) in [5.74, 6) is 7.10. The number of unbranched alkanes of at least 4 members (excludes halogenated alkanes) is 12. The Morgan fingerprint density at radius 1 is 0.906 bits per heavy atom. The van der Waals surface area contributed by atoms with Crippen molar-refractivity contribution in [2.24, 2.45) is 7.05 Å². The van der Waals surface area contributed by atoms with E-state index in [1.807, 2.05) is 35.8 Å². The molecule has 1 aliphatic heterocycles. The summed E-state index contributed by atoms with van der Waals surface area (Å²) in [5, 5.41) is 5.32. The molecule has 1 amide bonds. The van der Waals surface area contributed by atoms with Crippen molar-refractivity contribution in [3.8, 4) is 11.8 Å². The van der Waals surface area contributed by atoms with Crippen LogP contribution in [0, 0.1) is 18.8 Å². The van der Waals surface area contributed by atoms with Gasteiger partial charge in [0, 0.05) is 49.0 Å². The number of carbonyl (C=O) groups excluding carboxylic acids is 1. The number of piperidine rings is 1. The molecule has 11 nitrogen and oxygen atoms in total. The number of aromatic nitrogens is 6. The number of benzene rings is 1. The Balaban J connectivity index is 1.18. The van der Waals surface area contributed by atoms with Gasteiger partial charge < -0.3 is 10.2 Å². The number of aryl methyl sites for hydroxylation is 2. The number of amides is 1. The molecule has 3 aromatic heterocycles. The summed E-state index contributed by atoms with van der Waals surface area (Å²) in [6.07, 6.45) is 18.8. The van der Waals surface area contributed by atoms with Gasteiger partial charge in [-0.3, -0.25) is 23.3 Å². The average Bonchev–Trinajstić information content (AvgIpc) is 3.55. The third kappa shape index (κ3) is 10.8. The number of imidazole rings is 1. The lowest BCUT2D eigenvalue weighted by molar-refractivity contribution is -0.122. The van der Waals surface area contributed by atoms with Gasteiger partial charge in [0.05, 0.1) is 18.6 Å². The topological polar surface area (TPSA) is 120 Å². The van der Waals surface area contributed by atoms with Crippen molar-refractivity contribution in [3.63, 3.8) is 0 Å². The highest BCUT2D eigenvalue weighted by Crippen LogP contribution is 2.24. The van der Waals surface area contributed by atoms with Crippen molar-refractivity contribution in [3.05, 3.63) is 56.6 Å². The minimum Gasteiger partial charge on any atom is -0.352 e. The fourth-order valence-electron chi connectivity index (χ4n) is 7.46. The van der Waals surface area contributed by atoms with Crippen molar-refractivity contribution in [1.29, 1.82) is 0 Å². The lowest BCUT2D eigenvalue weighted by Gasteiger charge is -2.34. The van der Waals surface area contributed by atoms with E-state index in [-0.39, 0.29) is 25.0 Å². The molecule has 53 heavy (non-hydrogen) atoms. The number of alkyl halides is 1. The van der Waals surface area contributed by atoms with Crippen LogP contribution in [0.4, 0.5) is 5.95 Å². The molecule has 12 heteroatoms. The first-order chi connectivity index (χ1) is 25.8. The number of hydrogen-bond acceptors (Lipinski definition) is 7. The van der Waals surface area contributed by atoms with Crippen LogP contribution in [0.25, 0.3) is 22.1 Å². The van der Waals surface area contributed by atoms with Crippen LogP contribution in [0.2, 0.25) is 0 Å². The normalized spacial score (nSPS) is 14.5. The molecule has 1 aliphatic rings. The first-order valence-electron chi connectivity index (χ1n) is 19.7. The summed E-state index contributed by atoms with van der Waals surface area (Å²) in [6, 6.07) is 7.67. The Labute approximate surface area is 322 Å². The predicted octanol–water partition coefficient (Wildman–Crippen LogP) is 7.16. The molecule has 1 unspecified atom stereocenters. The number of para-hydroxylation sites is 1. The van der Waals surface area contributed by atoms with Crippen LogP contribution >= 0.6 is 15.9 Å². The van der Waals surface area contributed by atoms with E-state index >= 15 is 0 Å². The van der Waals surface area contributed by atoms with E-state index in [2.05, 4.69) is 48.0 Å². The standard InChI is InChI=1S/C41H57BrN8O3/c1-4-5-28-49-37-38(47(3)41(53)50(39(37)52)30-35-43-31(2)33-23-18-19-24-34(33)45-35)46-40(49)48-27-21-22-32(29-48)44-36(51)25-17-15-13-11-9-7-6-8-10-12-14-16-20-26-42/h18-19,23-24,32H,6-17,20-22,25-30H2,1-3H3,(H,44,51). The maximum absolute atomic E-state index is 14.1. The van der Waals surface area contributed by atoms with Crippen LogP contribution in [-0.4, -0.2) is 59.0 Å². The fraction of sp³-hybridized carbons (Fsp3) is 0.610. The van der Waals surface area contributed by atoms with Crippen molar-refractivity contribution in [2.75, 3.05) is 23.3 Å². The van der Waals surface area contributed by atoms with Crippen LogP contribution in [0.3, 0.4) is 0 Å². The maximum Gasteiger partial charge on any atom is 0.332 e. The van der Waals surface area contributed by atoms with Gasteiger partial charge in [0.15, 0.2) is 11.2 Å². The minimum absolute atomic E-state index is 0.0278. The highest BCUT2D eigenvalue weighted by atomic mass is 79.9. The third-order valence-electron chi connectivity index (χ3n) is 10.4. The second-order valence-electron chi connectivity index (χ2n) is 14.5. The van der Waals surface area contributed by atoms with Crippen LogP contribution in [0.1, 0.15) is 121 Å². The average molecular weight is 790 g/mol. The predicted molar refractivity (Wildman–Crippen MR) is 218 cm³/mol. The fourth-order valence-corrected chi connectivity index (χ4v) is 7.85.